The van der Waals surface area contributed by atoms with Gasteiger partial charge in [0.15, 0.2) is 5.84 Å². The summed E-state index contributed by atoms with van der Waals surface area (Å²) in [5.41, 5.74) is 16.1. The minimum absolute atomic E-state index is 0.0285. The maximum absolute atomic E-state index is 8.50. The highest BCUT2D eigenvalue weighted by Crippen LogP contribution is 2.26. The van der Waals surface area contributed by atoms with E-state index < -0.39 is 0 Å². The lowest BCUT2D eigenvalue weighted by Gasteiger charge is -2.06. The molecule has 17 nitrogen and oxygen atoms in total. The maximum atomic E-state index is 8.50. The molecule has 336 valence electrons. The van der Waals surface area contributed by atoms with Gasteiger partial charge in [0.2, 0.25) is 23.4 Å². The number of halogens is 1. The van der Waals surface area contributed by atoms with Crippen LogP contribution < -0.4 is 16.8 Å². The molecule has 0 aliphatic carbocycles. The molecule has 0 amide bonds. The van der Waals surface area contributed by atoms with Crippen molar-refractivity contribution < 1.29 is 14.3 Å². The van der Waals surface area contributed by atoms with Crippen LogP contribution in [0.5, 0.6) is 0 Å². The van der Waals surface area contributed by atoms with Crippen molar-refractivity contribution in [3.8, 4) is 58.6 Å². The van der Waals surface area contributed by atoms with Crippen molar-refractivity contribution >= 4 is 21.8 Å². The van der Waals surface area contributed by atoms with Crippen LogP contribution in [0.4, 0.5) is 0 Å². The van der Waals surface area contributed by atoms with Crippen molar-refractivity contribution in [1.29, 1.82) is 0 Å². The molecule has 0 aliphatic rings. The highest BCUT2D eigenvalue weighted by molar-refractivity contribution is 9.09. The minimum atomic E-state index is -0.0285. The van der Waals surface area contributed by atoms with Crippen LogP contribution in [0.15, 0.2) is 142 Å². The Balaban J connectivity index is 0.000000186. The Morgan fingerprint density at radius 3 is 1.42 bits per heavy atom. The fraction of sp³-hybridized carbons (Fsp3) is 0.163. The van der Waals surface area contributed by atoms with Crippen LogP contribution in [0.25, 0.3) is 23.0 Å². The summed E-state index contributed by atoms with van der Waals surface area (Å²) < 4.78 is 10.5. The third-order valence-corrected chi connectivity index (χ3v) is 9.72. The molecule has 8 heterocycles. The SMILES string of the molecule is CCC(Br)c1nc(-c2ccc(C#Cc3ccccn3)cn2)no1.CCC(NC)c1nc(-c2ccc(C#Cc3ccccn3)cn2)no1.CN.N/C(=N\O)c1ccc(C#Cc2ccccn2)cn1. The van der Waals surface area contributed by atoms with Gasteiger partial charge in [0.1, 0.15) is 34.2 Å². The molecule has 0 radical (unpaired) electrons. The molecule has 2 unspecified atom stereocenters. The first-order valence-electron chi connectivity index (χ1n) is 20.6. The van der Waals surface area contributed by atoms with E-state index in [4.69, 9.17) is 20.0 Å². The smallest absolute Gasteiger partial charge is 0.244 e. The molecule has 0 bridgehead atoms. The summed E-state index contributed by atoms with van der Waals surface area (Å²) in [4.78, 5) is 33.9. The minimum Gasteiger partial charge on any atom is -0.409 e. The monoisotopic (exact) mass is 956 g/mol. The van der Waals surface area contributed by atoms with Gasteiger partial charge in [-0.15, -0.1) is 0 Å². The Kier molecular flexibility index (Phi) is 20.0. The molecule has 67 heavy (non-hydrogen) atoms. The first-order valence-corrected chi connectivity index (χ1v) is 21.5. The average Bonchev–Trinajstić information content (AvgIpc) is 4.11. The predicted octanol–water partition coefficient (Wildman–Crippen LogP) is 6.92. The van der Waals surface area contributed by atoms with E-state index in [0.717, 1.165) is 40.9 Å². The largest absolute Gasteiger partial charge is 0.409 e. The summed E-state index contributed by atoms with van der Waals surface area (Å²) in [5, 5.41) is 22.4. The molecular weight excluding hydrogens is 913 g/mol. The number of rotatable bonds is 8. The van der Waals surface area contributed by atoms with Gasteiger partial charge in [-0.2, -0.15) is 9.97 Å². The summed E-state index contributed by atoms with van der Waals surface area (Å²) >= 11 is 3.48. The van der Waals surface area contributed by atoms with Crippen LogP contribution in [0.3, 0.4) is 0 Å². The van der Waals surface area contributed by atoms with Crippen molar-refractivity contribution in [2.45, 2.75) is 37.6 Å². The summed E-state index contributed by atoms with van der Waals surface area (Å²) in [6.07, 6.45) is 11.8. The third kappa shape index (κ3) is 15.6. The van der Waals surface area contributed by atoms with E-state index in [1.165, 1.54) is 7.05 Å². The zero-order chi connectivity index (χ0) is 47.6. The number of hydrogen-bond donors (Lipinski definition) is 4. The Morgan fingerprint density at radius 1 is 0.612 bits per heavy atom. The molecule has 8 rings (SSSR count). The van der Waals surface area contributed by atoms with Gasteiger partial charge in [-0.1, -0.05) is 81.2 Å². The van der Waals surface area contributed by atoms with E-state index in [0.29, 0.717) is 46.2 Å². The maximum Gasteiger partial charge on any atom is 0.244 e. The molecule has 8 aromatic rings. The average molecular weight is 958 g/mol. The zero-order valence-electron chi connectivity index (χ0n) is 36.9. The number of hydrogen-bond acceptors (Lipinski definition) is 16. The Morgan fingerprint density at radius 2 is 1.06 bits per heavy atom. The fourth-order valence-electron chi connectivity index (χ4n) is 5.21. The zero-order valence-corrected chi connectivity index (χ0v) is 38.5. The van der Waals surface area contributed by atoms with E-state index in [1.807, 2.05) is 92.8 Å². The van der Waals surface area contributed by atoms with Gasteiger partial charge in [-0.25, -0.2) is 15.0 Å². The number of pyridine rings is 6. The lowest BCUT2D eigenvalue weighted by atomic mass is 10.2. The van der Waals surface area contributed by atoms with Crippen LogP contribution in [0.1, 0.15) is 88.8 Å². The molecule has 6 N–H and O–H groups in total. The lowest BCUT2D eigenvalue weighted by Crippen LogP contribution is -2.15. The first kappa shape index (κ1) is 49.5. The van der Waals surface area contributed by atoms with Gasteiger partial charge >= 0.3 is 0 Å². The van der Waals surface area contributed by atoms with Crippen molar-refractivity contribution in [3.05, 3.63) is 179 Å². The van der Waals surface area contributed by atoms with Crippen LogP contribution >= 0.6 is 15.9 Å². The van der Waals surface area contributed by atoms with Gasteiger partial charge in [-0.05, 0) is 117 Å². The van der Waals surface area contributed by atoms with E-state index in [2.05, 4.69) is 125 Å². The molecule has 18 heteroatoms. The first-order chi connectivity index (χ1) is 32.8. The van der Waals surface area contributed by atoms with E-state index >= 15 is 0 Å². The fourth-order valence-corrected chi connectivity index (χ4v) is 5.40. The molecule has 0 fully saturated rings. The van der Waals surface area contributed by atoms with E-state index in [-0.39, 0.29) is 16.7 Å². The number of nitrogens with zero attached hydrogens (tertiary/aromatic N) is 11. The summed E-state index contributed by atoms with van der Waals surface area (Å²) in [6.45, 7) is 4.09. The number of aromatic nitrogens is 10. The Labute approximate surface area is 396 Å². The van der Waals surface area contributed by atoms with Crippen LogP contribution in [0.2, 0.25) is 0 Å². The summed E-state index contributed by atoms with van der Waals surface area (Å²) in [5.74, 6) is 19.9. The normalized spacial score (nSPS) is 11.0. The number of nitrogens with two attached hydrogens (primary N) is 2. The number of alkyl halides is 1. The van der Waals surface area contributed by atoms with Gasteiger partial charge in [0.25, 0.3) is 0 Å². The summed E-state index contributed by atoms with van der Waals surface area (Å²) in [6, 6.07) is 27.6. The van der Waals surface area contributed by atoms with Crippen LogP contribution in [-0.4, -0.2) is 75.3 Å². The number of nitrogens with one attached hydrogen (secondary N) is 1. The molecule has 0 aromatic carbocycles. The van der Waals surface area contributed by atoms with Crippen molar-refractivity contribution in [3.63, 3.8) is 0 Å². The second-order valence-electron chi connectivity index (χ2n) is 13.2. The van der Waals surface area contributed by atoms with Gasteiger partial charge in [0, 0.05) is 53.9 Å². The molecule has 8 aromatic heterocycles. The Hall–Kier alpha value is -8.47. The van der Waals surface area contributed by atoms with E-state index in [1.54, 1.807) is 49.3 Å². The third-order valence-electron chi connectivity index (χ3n) is 8.68. The number of amidine groups is 1. The molecular formula is C49H45BrN14O3. The van der Waals surface area contributed by atoms with E-state index in [9.17, 15) is 0 Å². The summed E-state index contributed by atoms with van der Waals surface area (Å²) in [7, 11) is 3.37. The lowest BCUT2D eigenvalue weighted by molar-refractivity contribution is 0.318. The predicted molar refractivity (Wildman–Crippen MR) is 257 cm³/mol. The highest BCUT2D eigenvalue weighted by Gasteiger charge is 2.17. The van der Waals surface area contributed by atoms with Crippen molar-refractivity contribution in [2.24, 2.45) is 16.6 Å². The molecule has 0 spiro atoms. The molecule has 0 saturated carbocycles. The van der Waals surface area contributed by atoms with Crippen molar-refractivity contribution in [1.82, 2.24) is 55.5 Å². The Bertz CT molecular complexity index is 2930. The standard InChI is InChI=1S/C18H17N5O.C17H13BrN4O.C13H10N4O.CH5N/c1-3-15(19-2)18-22-17(23-24-18)16-10-8-13(12-21-16)7-9-14-6-4-5-11-20-14;1-2-14(18)17-21-16(22-23-17)15-9-7-12(11-20-15)6-8-13-5-3-4-10-19-13;14-13(17-18)12-7-5-10(9-16-12)4-6-11-3-1-2-8-15-11;1-2/h4-6,8,10-12,15,19H,3H2,1-2H3;3-5,7,9-11,14H,2H2,1H3;1-3,5,7-9,18H,(H2,14,17);2H2,1H3. The van der Waals surface area contributed by atoms with Crippen LogP contribution in [0, 0.1) is 35.5 Å². The van der Waals surface area contributed by atoms with Gasteiger partial charge in [-0.3, -0.25) is 15.0 Å². The van der Waals surface area contributed by atoms with Gasteiger partial charge < -0.3 is 31.0 Å². The molecule has 0 saturated heterocycles. The second-order valence-corrected chi connectivity index (χ2v) is 14.3. The van der Waals surface area contributed by atoms with Crippen LogP contribution in [-0.2, 0) is 0 Å². The molecule has 0 aliphatic heterocycles. The number of oxime groups is 1. The second kappa shape index (κ2) is 27.0. The quantitative estimate of drug-likeness (QED) is 0.0301. The van der Waals surface area contributed by atoms with Gasteiger partial charge in [0.05, 0.1) is 10.9 Å². The highest BCUT2D eigenvalue weighted by atomic mass is 79.9. The molecule has 2 atom stereocenters. The topological polar surface area (TPSA) is 252 Å². The van der Waals surface area contributed by atoms with Crippen molar-refractivity contribution in [2.75, 3.05) is 14.1 Å².